The summed E-state index contributed by atoms with van der Waals surface area (Å²) < 4.78 is 16.9. The van der Waals surface area contributed by atoms with E-state index in [0.717, 1.165) is 26.5 Å². The molecular formula is C22H21BrN2O4. The molecule has 0 aliphatic heterocycles. The summed E-state index contributed by atoms with van der Waals surface area (Å²) >= 11 is 3.45. The molecule has 3 aromatic rings. The van der Waals surface area contributed by atoms with Crippen molar-refractivity contribution in [2.24, 2.45) is 4.99 Å². The topological polar surface area (TPSA) is 70.0 Å². The van der Waals surface area contributed by atoms with E-state index in [4.69, 9.17) is 14.2 Å². The van der Waals surface area contributed by atoms with Gasteiger partial charge >= 0.3 is 0 Å². The Hall–Kier alpha value is -2.77. The molecule has 7 heteroatoms. The summed E-state index contributed by atoms with van der Waals surface area (Å²) in [5.74, 6) is 1.04. The van der Waals surface area contributed by atoms with Gasteiger partial charge in [0, 0.05) is 24.9 Å². The molecule has 6 nitrogen and oxygen atoms in total. The van der Waals surface area contributed by atoms with Crippen LogP contribution in [0.15, 0.2) is 58.1 Å². The molecule has 0 saturated heterocycles. The normalized spacial score (nSPS) is 12.3. The van der Waals surface area contributed by atoms with Crippen molar-refractivity contribution in [3.63, 3.8) is 0 Å². The SMILES string of the molecule is COc1cc(C=NCC(=O)C(OC)c2ccnc3ccccc23)cc(Br)c1OC. The second-order valence-corrected chi connectivity index (χ2v) is 7.06. The Bertz CT molecular complexity index is 1050. The van der Waals surface area contributed by atoms with E-state index >= 15 is 0 Å². The van der Waals surface area contributed by atoms with Crippen LogP contribution in [0.4, 0.5) is 0 Å². The molecule has 1 aromatic heterocycles. The number of fused-ring (bicyclic) bond motifs is 1. The van der Waals surface area contributed by atoms with E-state index in [0.29, 0.717) is 11.5 Å². The van der Waals surface area contributed by atoms with Gasteiger partial charge in [-0.2, -0.15) is 0 Å². The van der Waals surface area contributed by atoms with Crippen molar-refractivity contribution in [1.29, 1.82) is 0 Å². The van der Waals surface area contributed by atoms with Crippen LogP contribution in [-0.4, -0.2) is 44.9 Å². The van der Waals surface area contributed by atoms with Gasteiger partial charge < -0.3 is 14.2 Å². The number of ketones is 1. The monoisotopic (exact) mass is 456 g/mol. The molecule has 0 spiro atoms. The fourth-order valence-corrected chi connectivity index (χ4v) is 3.74. The summed E-state index contributed by atoms with van der Waals surface area (Å²) in [6.45, 7) is -0.0128. The van der Waals surface area contributed by atoms with Crippen molar-refractivity contribution in [2.75, 3.05) is 27.9 Å². The average molecular weight is 457 g/mol. The van der Waals surface area contributed by atoms with Crippen LogP contribution >= 0.6 is 15.9 Å². The summed E-state index contributed by atoms with van der Waals surface area (Å²) in [5.41, 5.74) is 2.39. The number of pyridine rings is 1. The van der Waals surface area contributed by atoms with Gasteiger partial charge in [0.05, 0.1) is 24.2 Å². The van der Waals surface area contributed by atoms with Crippen LogP contribution in [0.3, 0.4) is 0 Å². The highest BCUT2D eigenvalue weighted by molar-refractivity contribution is 9.10. The average Bonchev–Trinajstić information content (AvgIpc) is 2.74. The number of rotatable bonds is 8. The predicted octanol–water partition coefficient (Wildman–Crippen LogP) is 4.39. The maximum Gasteiger partial charge on any atom is 0.187 e. The number of methoxy groups -OCH3 is 3. The third-order valence-electron chi connectivity index (χ3n) is 4.44. The number of carbonyl (C=O) groups excluding carboxylic acids is 1. The smallest absolute Gasteiger partial charge is 0.187 e. The number of hydrogen-bond donors (Lipinski definition) is 0. The lowest BCUT2D eigenvalue weighted by Crippen LogP contribution is -2.18. The number of aromatic nitrogens is 1. The second-order valence-electron chi connectivity index (χ2n) is 6.21. The molecule has 0 saturated carbocycles. The Morgan fingerprint density at radius 3 is 2.69 bits per heavy atom. The van der Waals surface area contributed by atoms with Crippen LogP contribution in [0.2, 0.25) is 0 Å². The van der Waals surface area contributed by atoms with Crippen LogP contribution in [-0.2, 0) is 9.53 Å². The number of halogens is 1. The van der Waals surface area contributed by atoms with Crippen LogP contribution in [0.5, 0.6) is 11.5 Å². The lowest BCUT2D eigenvalue weighted by molar-refractivity contribution is -0.127. The van der Waals surface area contributed by atoms with Gasteiger partial charge in [-0.1, -0.05) is 18.2 Å². The quantitative estimate of drug-likeness (QED) is 0.470. The third-order valence-corrected chi connectivity index (χ3v) is 5.03. The van der Waals surface area contributed by atoms with Gasteiger partial charge in [0.15, 0.2) is 17.3 Å². The molecule has 0 radical (unpaired) electrons. The largest absolute Gasteiger partial charge is 0.493 e. The first-order valence-corrected chi connectivity index (χ1v) is 9.68. The first-order chi connectivity index (χ1) is 14.1. The molecule has 1 heterocycles. The molecular weight excluding hydrogens is 436 g/mol. The van der Waals surface area contributed by atoms with Crippen molar-refractivity contribution >= 4 is 38.8 Å². The zero-order valence-corrected chi connectivity index (χ0v) is 18.0. The van der Waals surface area contributed by atoms with Gasteiger partial charge in [-0.3, -0.25) is 14.8 Å². The molecule has 0 N–H and O–H groups in total. The van der Waals surface area contributed by atoms with E-state index < -0.39 is 6.10 Å². The van der Waals surface area contributed by atoms with Crippen molar-refractivity contribution in [2.45, 2.75) is 6.10 Å². The van der Waals surface area contributed by atoms with E-state index in [-0.39, 0.29) is 12.3 Å². The summed E-state index contributed by atoms with van der Waals surface area (Å²) in [6, 6.07) is 13.1. The second kappa shape index (κ2) is 9.62. The third kappa shape index (κ3) is 4.63. The summed E-state index contributed by atoms with van der Waals surface area (Å²) in [7, 11) is 4.66. The Kier molecular flexibility index (Phi) is 6.95. The maximum atomic E-state index is 12.8. The number of benzene rings is 2. The molecule has 0 fully saturated rings. The predicted molar refractivity (Wildman–Crippen MR) is 116 cm³/mol. The molecule has 2 aromatic carbocycles. The zero-order chi connectivity index (χ0) is 20.8. The number of aliphatic imine (C=N–C) groups is 1. The fraction of sp³-hybridized carbons (Fsp3) is 0.227. The van der Waals surface area contributed by atoms with Gasteiger partial charge in [-0.15, -0.1) is 0 Å². The summed E-state index contributed by atoms with van der Waals surface area (Å²) in [4.78, 5) is 21.4. The summed E-state index contributed by atoms with van der Waals surface area (Å²) in [6.07, 6.45) is 2.60. The minimum absolute atomic E-state index is 0.0128. The molecule has 1 unspecified atom stereocenters. The number of para-hydroxylation sites is 1. The minimum Gasteiger partial charge on any atom is -0.493 e. The molecule has 0 aliphatic rings. The van der Waals surface area contributed by atoms with Gasteiger partial charge in [-0.05, 0) is 51.3 Å². The van der Waals surface area contributed by atoms with Crippen molar-refractivity contribution < 1.29 is 19.0 Å². The van der Waals surface area contributed by atoms with Crippen LogP contribution in [0.25, 0.3) is 10.9 Å². The van der Waals surface area contributed by atoms with Crippen LogP contribution in [0.1, 0.15) is 17.2 Å². The standard InChI is InChI=1S/C22H21BrN2O4/c1-27-20-11-14(10-17(23)22(20)29-3)12-24-13-19(26)21(28-2)16-8-9-25-18-7-5-4-6-15(16)18/h4-12,21H,13H2,1-3H3. The number of ether oxygens (including phenoxy) is 3. The maximum absolute atomic E-state index is 12.8. The first kappa shape index (κ1) is 21.0. The molecule has 150 valence electrons. The Balaban J connectivity index is 1.79. The number of hydrogen-bond acceptors (Lipinski definition) is 6. The Morgan fingerprint density at radius 2 is 1.97 bits per heavy atom. The van der Waals surface area contributed by atoms with Crippen LogP contribution < -0.4 is 9.47 Å². The first-order valence-electron chi connectivity index (χ1n) is 8.89. The highest BCUT2D eigenvalue weighted by atomic mass is 79.9. The van der Waals surface area contributed by atoms with Crippen molar-refractivity contribution in [3.8, 4) is 11.5 Å². The number of nitrogens with zero attached hydrogens (tertiary/aromatic N) is 2. The molecule has 0 bridgehead atoms. The van der Waals surface area contributed by atoms with E-state index in [1.165, 1.54) is 7.11 Å². The highest BCUT2D eigenvalue weighted by Gasteiger charge is 2.21. The Labute approximate surface area is 177 Å². The molecule has 0 aliphatic carbocycles. The number of carbonyl (C=O) groups is 1. The van der Waals surface area contributed by atoms with E-state index in [2.05, 4.69) is 25.9 Å². The van der Waals surface area contributed by atoms with Crippen molar-refractivity contribution in [1.82, 2.24) is 4.98 Å². The Morgan fingerprint density at radius 1 is 1.17 bits per heavy atom. The molecule has 1 atom stereocenters. The van der Waals surface area contributed by atoms with Gasteiger partial charge in [0.1, 0.15) is 12.6 Å². The van der Waals surface area contributed by atoms with Gasteiger partial charge in [-0.25, -0.2) is 0 Å². The molecule has 0 amide bonds. The van der Waals surface area contributed by atoms with Crippen LogP contribution in [0, 0.1) is 0 Å². The van der Waals surface area contributed by atoms with E-state index in [1.54, 1.807) is 32.7 Å². The van der Waals surface area contributed by atoms with E-state index in [1.807, 2.05) is 36.4 Å². The van der Waals surface area contributed by atoms with Crippen molar-refractivity contribution in [3.05, 3.63) is 64.3 Å². The lowest BCUT2D eigenvalue weighted by atomic mass is 10.0. The number of Topliss-reactive ketones (excluding diaryl/α,β-unsaturated/α-hetero) is 1. The van der Waals surface area contributed by atoms with Gasteiger partial charge in [0.2, 0.25) is 0 Å². The molecule has 3 rings (SSSR count). The fourth-order valence-electron chi connectivity index (χ4n) is 3.11. The van der Waals surface area contributed by atoms with E-state index in [9.17, 15) is 4.79 Å². The lowest BCUT2D eigenvalue weighted by Gasteiger charge is -2.15. The molecule has 29 heavy (non-hydrogen) atoms. The zero-order valence-electron chi connectivity index (χ0n) is 16.4. The highest BCUT2D eigenvalue weighted by Crippen LogP contribution is 2.35. The van der Waals surface area contributed by atoms with Gasteiger partial charge in [0.25, 0.3) is 0 Å². The summed E-state index contributed by atoms with van der Waals surface area (Å²) in [5, 5.41) is 0.892. The minimum atomic E-state index is -0.711.